The van der Waals surface area contributed by atoms with Crippen LogP contribution in [-0.2, 0) is 26.6 Å². The van der Waals surface area contributed by atoms with Gasteiger partial charge < -0.3 is 14.5 Å². The van der Waals surface area contributed by atoms with Crippen LogP contribution in [0.5, 0.6) is 0 Å². The molecular formula is C12H19N7. The number of aryl methyl sites for hydroxylation is 2. The predicted molar refractivity (Wildman–Crippen MR) is 69.2 cm³/mol. The SMILES string of the molecule is CC(NCc1nnc2n1CCCC2)c1nncn1C. The molecule has 19 heavy (non-hydrogen) atoms. The molecule has 0 saturated carbocycles. The summed E-state index contributed by atoms with van der Waals surface area (Å²) in [6, 6.07) is 0.143. The molecule has 1 aliphatic rings. The van der Waals surface area contributed by atoms with Gasteiger partial charge in [0.15, 0.2) is 0 Å². The van der Waals surface area contributed by atoms with Gasteiger partial charge in [-0.3, -0.25) is 0 Å². The number of rotatable bonds is 4. The van der Waals surface area contributed by atoms with Crippen LogP contribution in [0.25, 0.3) is 0 Å². The van der Waals surface area contributed by atoms with E-state index < -0.39 is 0 Å². The first-order valence-electron chi connectivity index (χ1n) is 6.74. The molecular weight excluding hydrogens is 242 g/mol. The Bertz CT molecular complexity index is 556. The van der Waals surface area contributed by atoms with E-state index in [0.717, 1.165) is 30.4 Å². The zero-order valence-corrected chi connectivity index (χ0v) is 11.4. The van der Waals surface area contributed by atoms with Crippen LogP contribution in [0, 0.1) is 0 Å². The van der Waals surface area contributed by atoms with E-state index in [9.17, 15) is 0 Å². The van der Waals surface area contributed by atoms with Gasteiger partial charge in [0.2, 0.25) is 0 Å². The summed E-state index contributed by atoms with van der Waals surface area (Å²) in [6.07, 6.45) is 5.20. The molecule has 0 aliphatic carbocycles. The molecule has 0 saturated heterocycles. The van der Waals surface area contributed by atoms with Crippen LogP contribution in [-0.4, -0.2) is 29.5 Å². The molecule has 3 heterocycles. The molecule has 7 heteroatoms. The maximum Gasteiger partial charge on any atom is 0.149 e. The predicted octanol–water partition coefficient (Wildman–Crippen LogP) is 0.594. The molecule has 0 spiro atoms. The van der Waals surface area contributed by atoms with Crippen molar-refractivity contribution in [3.05, 3.63) is 23.8 Å². The molecule has 0 radical (unpaired) electrons. The van der Waals surface area contributed by atoms with Crippen molar-refractivity contribution in [1.29, 1.82) is 0 Å². The minimum Gasteiger partial charge on any atom is -0.319 e. The number of hydrogen-bond acceptors (Lipinski definition) is 5. The molecule has 1 atom stereocenters. The Morgan fingerprint density at radius 2 is 2.21 bits per heavy atom. The normalized spacial score (nSPS) is 16.3. The highest BCUT2D eigenvalue weighted by Gasteiger charge is 2.17. The highest BCUT2D eigenvalue weighted by Crippen LogP contribution is 2.15. The van der Waals surface area contributed by atoms with Crippen LogP contribution < -0.4 is 5.32 Å². The highest BCUT2D eigenvalue weighted by molar-refractivity contribution is 5.00. The van der Waals surface area contributed by atoms with Crippen molar-refractivity contribution in [2.24, 2.45) is 7.05 Å². The van der Waals surface area contributed by atoms with E-state index in [4.69, 9.17) is 0 Å². The second kappa shape index (κ2) is 5.08. The number of nitrogens with one attached hydrogen (secondary N) is 1. The van der Waals surface area contributed by atoms with Gasteiger partial charge in [0, 0.05) is 20.0 Å². The Morgan fingerprint density at radius 1 is 1.32 bits per heavy atom. The number of hydrogen-bond donors (Lipinski definition) is 1. The van der Waals surface area contributed by atoms with Crippen LogP contribution in [0.15, 0.2) is 6.33 Å². The monoisotopic (exact) mass is 261 g/mol. The summed E-state index contributed by atoms with van der Waals surface area (Å²) >= 11 is 0. The van der Waals surface area contributed by atoms with Crippen LogP contribution in [0.2, 0.25) is 0 Å². The standard InChI is InChI=1S/C12H19N7/c1-9(12-17-14-8-18(12)2)13-7-11-16-15-10-5-3-4-6-19(10)11/h8-9,13H,3-7H2,1-2H3. The minimum absolute atomic E-state index is 0.143. The van der Waals surface area contributed by atoms with Crippen molar-refractivity contribution in [3.63, 3.8) is 0 Å². The number of nitrogens with zero attached hydrogens (tertiary/aromatic N) is 6. The third-order valence-electron chi connectivity index (χ3n) is 3.64. The average molecular weight is 261 g/mol. The zero-order chi connectivity index (χ0) is 13.2. The maximum atomic E-state index is 4.28. The molecule has 0 amide bonds. The topological polar surface area (TPSA) is 73.5 Å². The molecule has 0 fully saturated rings. The van der Waals surface area contributed by atoms with Gasteiger partial charge >= 0.3 is 0 Å². The Kier molecular flexibility index (Phi) is 3.29. The van der Waals surface area contributed by atoms with E-state index >= 15 is 0 Å². The Labute approximate surface area is 112 Å². The van der Waals surface area contributed by atoms with Crippen LogP contribution in [0.4, 0.5) is 0 Å². The fourth-order valence-corrected chi connectivity index (χ4v) is 2.52. The van der Waals surface area contributed by atoms with Crippen LogP contribution in [0.3, 0.4) is 0 Å². The van der Waals surface area contributed by atoms with Gasteiger partial charge in [0.05, 0.1) is 12.6 Å². The van der Waals surface area contributed by atoms with Crippen molar-refractivity contribution < 1.29 is 0 Å². The summed E-state index contributed by atoms with van der Waals surface area (Å²) in [5.41, 5.74) is 0. The molecule has 2 aromatic heterocycles. The lowest BCUT2D eigenvalue weighted by Gasteiger charge is -2.16. The Morgan fingerprint density at radius 3 is 3.00 bits per heavy atom. The first kappa shape index (κ1) is 12.3. The molecule has 0 bridgehead atoms. The van der Waals surface area contributed by atoms with Gasteiger partial charge in [0.25, 0.3) is 0 Å². The van der Waals surface area contributed by atoms with Gasteiger partial charge in [-0.1, -0.05) is 0 Å². The minimum atomic E-state index is 0.143. The summed E-state index contributed by atoms with van der Waals surface area (Å²) in [5.74, 6) is 3.07. The first-order chi connectivity index (χ1) is 9.25. The van der Waals surface area contributed by atoms with Crippen molar-refractivity contribution in [2.45, 2.75) is 45.3 Å². The smallest absolute Gasteiger partial charge is 0.149 e. The van der Waals surface area contributed by atoms with E-state index in [2.05, 4.69) is 37.2 Å². The van der Waals surface area contributed by atoms with E-state index in [0.29, 0.717) is 6.54 Å². The third kappa shape index (κ3) is 2.37. The van der Waals surface area contributed by atoms with Gasteiger partial charge in [0.1, 0.15) is 23.8 Å². The van der Waals surface area contributed by atoms with Crippen molar-refractivity contribution >= 4 is 0 Å². The lowest BCUT2D eigenvalue weighted by atomic mass is 10.1. The van der Waals surface area contributed by atoms with Crippen LogP contribution >= 0.6 is 0 Å². The average Bonchev–Trinajstić information content (AvgIpc) is 3.02. The second-order valence-electron chi connectivity index (χ2n) is 5.04. The summed E-state index contributed by atoms with van der Waals surface area (Å²) in [7, 11) is 1.95. The summed E-state index contributed by atoms with van der Waals surface area (Å²) < 4.78 is 4.16. The fraction of sp³-hybridized carbons (Fsp3) is 0.667. The maximum absolute atomic E-state index is 4.28. The molecule has 1 unspecified atom stereocenters. The first-order valence-corrected chi connectivity index (χ1v) is 6.74. The largest absolute Gasteiger partial charge is 0.319 e. The van der Waals surface area contributed by atoms with E-state index in [-0.39, 0.29) is 6.04 Å². The third-order valence-corrected chi connectivity index (χ3v) is 3.64. The van der Waals surface area contributed by atoms with Crippen molar-refractivity contribution in [3.8, 4) is 0 Å². The van der Waals surface area contributed by atoms with E-state index in [1.807, 2.05) is 11.6 Å². The van der Waals surface area contributed by atoms with Gasteiger partial charge in [-0.15, -0.1) is 20.4 Å². The molecule has 1 aliphatic heterocycles. The molecule has 3 rings (SSSR count). The molecule has 7 nitrogen and oxygen atoms in total. The Balaban J connectivity index is 1.66. The highest BCUT2D eigenvalue weighted by atomic mass is 15.3. The molecule has 2 aromatic rings. The quantitative estimate of drug-likeness (QED) is 0.872. The second-order valence-corrected chi connectivity index (χ2v) is 5.04. The fourth-order valence-electron chi connectivity index (χ4n) is 2.52. The Hall–Kier alpha value is -1.76. The van der Waals surface area contributed by atoms with Crippen LogP contribution in [0.1, 0.15) is 43.3 Å². The summed E-state index contributed by atoms with van der Waals surface area (Å²) in [5, 5.41) is 20.0. The number of fused-ring (bicyclic) bond motifs is 1. The van der Waals surface area contributed by atoms with E-state index in [1.165, 1.54) is 12.8 Å². The molecule has 1 N–H and O–H groups in total. The van der Waals surface area contributed by atoms with Gasteiger partial charge in [-0.25, -0.2) is 0 Å². The summed E-state index contributed by atoms with van der Waals surface area (Å²) in [6.45, 7) is 3.83. The lowest BCUT2D eigenvalue weighted by Crippen LogP contribution is -2.24. The van der Waals surface area contributed by atoms with Gasteiger partial charge in [-0.05, 0) is 19.8 Å². The number of aromatic nitrogens is 6. The van der Waals surface area contributed by atoms with E-state index in [1.54, 1.807) is 6.33 Å². The zero-order valence-electron chi connectivity index (χ0n) is 11.4. The van der Waals surface area contributed by atoms with Crippen molar-refractivity contribution in [2.75, 3.05) is 0 Å². The van der Waals surface area contributed by atoms with Crippen molar-refractivity contribution in [1.82, 2.24) is 34.8 Å². The van der Waals surface area contributed by atoms with Gasteiger partial charge in [-0.2, -0.15) is 0 Å². The lowest BCUT2D eigenvalue weighted by molar-refractivity contribution is 0.473. The molecule has 0 aromatic carbocycles. The summed E-state index contributed by atoms with van der Waals surface area (Å²) in [4.78, 5) is 0. The molecule has 102 valence electrons.